The summed E-state index contributed by atoms with van der Waals surface area (Å²) in [4.78, 5) is 18.7. The Bertz CT molecular complexity index is 557. The fourth-order valence-corrected chi connectivity index (χ4v) is 2.86. The molecule has 0 bridgehead atoms. The van der Waals surface area contributed by atoms with Crippen LogP contribution in [0.4, 0.5) is 21.2 Å². The highest BCUT2D eigenvalue weighted by molar-refractivity contribution is 8.50. The first-order chi connectivity index (χ1) is 10.9. The zero-order valence-electron chi connectivity index (χ0n) is 14.2. The lowest BCUT2D eigenvalue weighted by molar-refractivity contribution is -0.384. The molecule has 0 unspecified atom stereocenters. The molecule has 1 aromatic rings. The zero-order valence-corrected chi connectivity index (χ0v) is 15.0. The van der Waals surface area contributed by atoms with E-state index < -0.39 is 37.1 Å². The summed E-state index contributed by atoms with van der Waals surface area (Å²) in [6.07, 6.45) is 0. The van der Waals surface area contributed by atoms with Crippen LogP contribution >= 0.6 is 9.84 Å². The average Bonchev–Trinajstić information content (AvgIpc) is 2.50. The van der Waals surface area contributed by atoms with Gasteiger partial charge in [0.05, 0.1) is 16.4 Å². The van der Waals surface area contributed by atoms with Crippen LogP contribution in [0, 0.1) is 10.1 Å². The maximum Gasteiger partial charge on any atom is 0.322 e. The zero-order chi connectivity index (χ0) is 19.7. The number of hydrogen-bond donors (Lipinski definition) is 0. The van der Waals surface area contributed by atoms with Crippen LogP contribution in [-0.2, 0) is 9.53 Å². The average molecular weight is 377 g/mol. The van der Waals surface area contributed by atoms with Gasteiger partial charge in [0.1, 0.15) is 0 Å². The summed E-state index contributed by atoms with van der Waals surface area (Å²) < 4.78 is 59.1. The van der Waals surface area contributed by atoms with Crippen LogP contribution in [0.3, 0.4) is 0 Å². The monoisotopic (exact) mass is 377 g/mol. The van der Waals surface area contributed by atoms with E-state index in [0.29, 0.717) is 12.1 Å². The summed E-state index contributed by atoms with van der Waals surface area (Å²) in [5, 5.41) is 10.4. The van der Waals surface area contributed by atoms with Crippen molar-refractivity contribution in [1.82, 2.24) is 0 Å². The van der Waals surface area contributed by atoms with Crippen molar-refractivity contribution >= 4 is 21.5 Å². The SMILES string of the molecule is CC.CC.CCOC(=O)CS(F)(F)(F)(F)c1ccc([N+](=O)[O-])cc1. The van der Waals surface area contributed by atoms with Gasteiger partial charge in [0.15, 0.2) is 15.6 Å². The molecule has 0 aliphatic rings. The number of halogens is 4. The van der Waals surface area contributed by atoms with Crippen molar-refractivity contribution in [2.24, 2.45) is 0 Å². The summed E-state index contributed by atoms with van der Waals surface area (Å²) in [6, 6.07) is 1.55. The molecular weight excluding hydrogens is 354 g/mol. The van der Waals surface area contributed by atoms with Crippen molar-refractivity contribution in [3.05, 3.63) is 34.4 Å². The topological polar surface area (TPSA) is 69.4 Å². The third-order valence-corrected chi connectivity index (χ3v) is 4.42. The number of nitrogens with zero attached hydrogens (tertiary/aromatic N) is 1. The normalized spacial score (nSPS) is 13.0. The van der Waals surface area contributed by atoms with Gasteiger partial charge in [0.25, 0.3) is 5.69 Å². The lowest BCUT2D eigenvalue weighted by atomic mass is 10.3. The number of carbonyl (C=O) groups excluding carboxylic acids is 1. The number of carbonyl (C=O) groups is 1. The fraction of sp³-hybridized carbons (Fsp3) is 0.500. The highest BCUT2D eigenvalue weighted by Crippen LogP contribution is 3.00. The number of benzene rings is 1. The van der Waals surface area contributed by atoms with Crippen LogP contribution in [0.15, 0.2) is 29.2 Å². The van der Waals surface area contributed by atoms with E-state index in [1.807, 2.05) is 27.7 Å². The van der Waals surface area contributed by atoms with Crippen LogP contribution in [0.5, 0.6) is 0 Å². The van der Waals surface area contributed by atoms with Gasteiger partial charge in [-0.05, 0) is 19.1 Å². The highest BCUT2D eigenvalue weighted by atomic mass is 32.5. The minimum absolute atomic E-state index is 0.249. The van der Waals surface area contributed by atoms with E-state index in [-0.39, 0.29) is 18.7 Å². The van der Waals surface area contributed by atoms with Crippen molar-refractivity contribution in [2.75, 3.05) is 12.4 Å². The van der Waals surface area contributed by atoms with Crippen LogP contribution in [0.1, 0.15) is 34.6 Å². The minimum Gasteiger partial charge on any atom is -0.465 e. The molecule has 0 fully saturated rings. The van der Waals surface area contributed by atoms with Crippen LogP contribution in [-0.4, -0.2) is 23.3 Å². The molecule has 0 spiro atoms. The lowest BCUT2D eigenvalue weighted by Gasteiger charge is -2.48. The number of ether oxygens (including phenoxy) is 1. The molecule has 5 nitrogen and oxygen atoms in total. The van der Waals surface area contributed by atoms with Gasteiger partial charge in [-0.2, -0.15) is 0 Å². The summed E-state index contributed by atoms with van der Waals surface area (Å²) >= 11 is 0. The molecule has 0 radical (unpaired) electrons. The fourth-order valence-electron chi connectivity index (χ4n) is 1.39. The van der Waals surface area contributed by atoms with Crippen LogP contribution in [0.25, 0.3) is 0 Å². The first-order valence-electron chi connectivity index (χ1n) is 7.28. The quantitative estimate of drug-likeness (QED) is 0.274. The molecule has 10 heteroatoms. The van der Waals surface area contributed by atoms with E-state index in [0.717, 1.165) is 0 Å². The second-order valence-corrected chi connectivity index (χ2v) is 7.18. The molecule has 0 aromatic heterocycles. The second kappa shape index (κ2) is 8.32. The van der Waals surface area contributed by atoms with Gasteiger partial charge in [-0.1, -0.05) is 27.7 Å². The smallest absolute Gasteiger partial charge is 0.322 e. The summed E-state index contributed by atoms with van der Waals surface area (Å²) in [5.74, 6) is -4.10. The van der Waals surface area contributed by atoms with Gasteiger partial charge in [0, 0.05) is 12.1 Å². The number of nitro benzene ring substituents is 1. The van der Waals surface area contributed by atoms with Gasteiger partial charge in [-0.3, -0.25) is 14.9 Å². The van der Waals surface area contributed by atoms with Crippen molar-refractivity contribution in [3.8, 4) is 0 Å². The summed E-state index contributed by atoms with van der Waals surface area (Å²) in [7, 11) is -8.86. The maximum atomic E-state index is 13.8. The maximum absolute atomic E-state index is 13.8. The predicted molar refractivity (Wildman–Crippen MR) is 87.6 cm³/mol. The molecule has 0 aliphatic carbocycles. The van der Waals surface area contributed by atoms with Gasteiger partial charge in [-0.15, -0.1) is 15.5 Å². The Balaban J connectivity index is 0. The highest BCUT2D eigenvalue weighted by Gasteiger charge is 2.66. The Morgan fingerprint density at radius 1 is 1.08 bits per heavy atom. The molecule has 0 N–H and O–H groups in total. The number of hydrogen-bond acceptors (Lipinski definition) is 4. The molecule has 0 saturated heterocycles. The third-order valence-electron chi connectivity index (χ3n) is 2.28. The van der Waals surface area contributed by atoms with Crippen molar-refractivity contribution in [3.63, 3.8) is 0 Å². The molecule has 0 aliphatic heterocycles. The van der Waals surface area contributed by atoms with E-state index >= 15 is 0 Å². The molecule has 1 rings (SSSR count). The second-order valence-electron chi connectivity index (χ2n) is 3.94. The third kappa shape index (κ3) is 7.16. The van der Waals surface area contributed by atoms with Gasteiger partial charge < -0.3 is 4.74 Å². The van der Waals surface area contributed by atoms with Crippen LogP contribution < -0.4 is 0 Å². The minimum atomic E-state index is -8.86. The number of nitro groups is 1. The molecule has 1 aromatic carbocycles. The Kier molecular flexibility index (Phi) is 8.46. The van der Waals surface area contributed by atoms with Crippen molar-refractivity contribution in [2.45, 2.75) is 39.5 Å². The molecule has 0 saturated carbocycles. The number of rotatable bonds is 5. The molecule has 24 heavy (non-hydrogen) atoms. The number of non-ortho nitro benzene ring substituents is 1. The van der Waals surface area contributed by atoms with Crippen molar-refractivity contribution < 1.29 is 30.0 Å². The van der Waals surface area contributed by atoms with E-state index in [1.54, 1.807) is 0 Å². The lowest BCUT2D eigenvalue weighted by Crippen LogP contribution is -2.26. The molecular formula is C14H23F4NO4S. The molecule has 0 atom stereocenters. The standard InChI is InChI=1S/C10H11F4NO4S.2C2H6/c1-2-19-10(16)7-20(11,12,13,14)9-5-3-8(4-6-9)15(17)18;2*1-2/h3-6H,2,7H2,1H3;2*1-2H3. The van der Waals surface area contributed by atoms with Crippen molar-refractivity contribution in [1.29, 1.82) is 0 Å². The number of esters is 1. The van der Waals surface area contributed by atoms with Crippen LogP contribution in [0.2, 0.25) is 0 Å². The van der Waals surface area contributed by atoms with Gasteiger partial charge in [0.2, 0.25) is 0 Å². The van der Waals surface area contributed by atoms with E-state index in [9.17, 15) is 30.5 Å². The van der Waals surface area contributed by atoms with E-state index in [2.05, 4.69) is 4.74 Å². The summed E-state index contributed by atoms with van der Waals surface area (Å²) in [6.45, 7) is 8.98. The molecule has 0 amide bonds. The first kappa shape index (κ1) is 24.4. The van der Waals surface area contributed by atoms with E-state index in [4.69, 9.17) is 0 Å². The predicted octanol–water partition coefficient (Wildman–Crippen LogP) is 5.98. The summed E-state index contributed by atoms with van der Waals surface area (Å²) in [5.41, 5.74) is -0.613. The Labute approximate surface area is 138 Å². The Hall–Kier alpha value is -1.84. The first-order valence-corrected chi connectivity index (χ1v) is 9.50. The Morgan fingerprint density at radius 3 is 1.83 bits per heavy atom. The van der Waals surface area contributed by atoms with E-state index in [1.165, 1.54) is 6.92 Å². The van der Waals surface area contributed by atoms with Gasteiger partial charge >= 0.3 is 5.97 Å². The van der Waals surface area contributed by atoms with Gasteiger partial charge in [-0.25, -0.2) is 0 Å². The molecule has 142 valence electrons. The largest absolute Gasteiger partial charge is 0.465 e. The Morgan fingerprint density at radius 2 is 1.50 bits per heavy atom. The molecule has 0 heterocycles.